The molecule has 0 atom stereocenters. The quantitative estimate of drug-likeness (QED) is 0.562. The number of carbonyl (C=O) groups is 1. The first-order chi connectivity index (χ1) is 9.66. The van der Waals surface area contributed by atoms with Gasteiger partial charge in [0.25, 0.3) is 0 Å². The molecule has 0 saturated heterocycles. The summed E-state index contributed by atoms with van der Waals surface area (Å²) in [5.74, 6) is -0.000772. The van der Waals surface area contributed by atoms with Crippen LogP contribution in [-0.4, -0.2) is 5.78 Å². The van der Waals surface area contributed by atoms with Gasteiger partial charge in [0.15, 0.2) is 5.78 Å². The number of hydrogen-bond acceptors (Lipinski definition) is 1. The summed E-state index contributed by atoms with van der Waals surface area (Å²) < 4.78 is 0.890. The summed E-state index contributed by atoms with van der Waals surface area (Å²) in [7, 11) is 0. The lowest BCUT2D eigenvalue weighted by molar-refractivity contribution is 0.104. The van der Waals surface area contributed by atoms with Crippen molar-refractivity contribution in [1.29, 1.82) is 0 Å². The molecule has 3 heteroatoms. The summed E-state index contributed by atoms with van der Waals surface area (Å²) in [6.45, 7) is 0. The Bertz CT molecular complexity index is 811. The second-order valence-corrected chi connectivity index (χ2v) is 5.80. The lowest BCUT2D eigenvalue weighted by Crippen LogP contribution is -2.02. The molecule has 20 heavy (non-hydrogen) atoms. The van der Waals surface area contributed by atoms with Crippen LogP contribution >= 0.6 is 27.5 Å². The highest BCUT2D eigenvalue weighted by Gasteiger charge is 2.13. The van der Waals surface area contributed by atoms with Gasteiger partial charge in [-0.1, -0.05) is 63.9 Å². The van der Waals surface area contributed by atoms with Gasteiger partial charge in [-0.05, 0) is 29.7 Å². The van der Waals surface area contributed by atoms with Crippen molar-refractivity contribution in [2.75, 3.05) is 0 Å². The highest BCUT2D eigenvalue weighted by molar-refractivity contribution is 9.10. The van der Waals surface area contributed by atoms with Gasteiger partial charge < -0.3 is 0 Å². The number of benzene rings is 3. The van der Waals surface area contributed by atoms with Crippen LogP contribution in [0.1, 0.15) is 15.9 Å². The number of carbonyl (C=O) groups excluding carboxylic acids is 1. The molecule has 0 heterocycles. The Balaban J connectivity index is 2.20. The minimum atomic E-state index is -0.000772. The molecule has 0 saturated carbocycles. The zero-order chi connectivity index (χ0) is 14.1. The molecule has 3 aromatic rings. The van der Waals surface area contributed by atoms with Crippen molar-refractivity contribution >= 4 is 44.1 Å². The van der Waals surface area contributed by atoms with E-state index in [4.69, 9.17) is 11.6 Å². The van der Waals surface area contributed by atoms with E-state index in [9.17, 15) is 4.79 Å². The van der Waals surface area contributed by atoms with Crippen molar-refractivity contribution in [3.63, 3.8) is 0 Å². The molecule has 98 valence electrons. The number of ketones is 1. The van der Waals surface area contributed by atoms with Crippen molar-refractivity contribution in [1.82, 2.24) is 0 Å². The lowest BCUT2D eigenvalue weighted by atomic mass is 9.97. The van der Waals surface area contributed by atoms with E-state index in [2.05, 4.69) is 15.9 Å². The van der Waals surface area contributed by atoms with Gasteiger partial charge in [0.2, 0.25) is 0 Å². The SMILES string of the molecule is O=C(c1cccc(Br)c1)c1ccc(Cl)c2ccccc12. The highest BCUT2D eigenvalue weighted by Crippen LogP contribution is 2.28. The standard InChI is InChI=1S/C17H10BrClO/c18-12-5-3-4-11(10-12)17(20)15-8-9-16(19)14-7-2-1-6-13(14)15/h1-10H. The third kappa shape index (κ3) is 2.37. The summed E-state index contributed by atoms with van der Waals surface area (Å²) >= 11 is 9.58. The second kappa shape index (κ2) is 5.39. The Hall–Kier alpha value is -1.64. The fourth-order valence-electron chi connectivity index (χ4n) is 2.25. The van der Waals surface area contributed by atoms with E-state index in [0.29, 0.717) is 16.1 Å². The van der Waals surface area contributed by atoms with Gasteiger partial charge >= 0.3 is 0 Å². The molecule has 0 aliphatic rings. The highest BCUT2D eigenvalue weighted by atomic mass is 79.9. The molecule has 0 N–H and O–H groups in total. The Labute approximate surface area is 130 Å². The molecular formula is C17H10BrClO. The van der Waals surface area contributed by atoms with Gasteiger partial charge in [-0.15, -0.1) is 0 Å². The van der Waals surface area contributed by atoms with Crippen molar-refractivity contribution in [2.24, 2.45) is 0 Å². The predicted octanol–water partition coefficient (Wildman–Crippen LogP) is 5.49. The summed E-state index contributed by atoms with van der Waals surface area (Å²) in [6, 6.07) is 18.6. The topological polar surface area (TPSA) is 17.1 Å². The molecule has 1 nitrogen and oxygen atoms in total. The first kappa shape index (κ1) is 13.3. The Kier molecular flexibility index (Phi) is 3.60. The van der Waals surface area contributed by atoms with Gasteiger partial charge in [-0.25, -0.2) is 0 Å². The molecule has 0 bridgehead atoms. The molecule has 0 aliphatic carbocycles. The Morgan fingerprint density at radius 1 is 0.900 bits per heavy atom. The molecule has 0 amide bonds. The first-order valence-electron chi connectivity index (χ1n) is 6.14. The van der Waals surface area contributed by atoms with Crippen molar-refractivity contribution in [2.45, 2.75) is 0 Å². The van der Waals surface area contributed by atoms with Crippen LogP contribution in [0.4, 0.5) is 0 Å². The van der Waals surface area contributed by atoms with E-state index in [1.165, 1.54) is 0 Å². The number of hydrogen-bond donors (Lipinski definition) is 0. The Morgan fingerprint density at radius 2 is 1.65 bits per heavy atom. The maximum Gasteiger partial charge on any atom is 0.193 e. The van der Waals surface area contributed by atoms with Gasteiger partial charge in [-0.3, -0.25) is 4.79 Å². The molecule has 3 rings (SSSR count). The average Bonchev–Trinajstić information content (AvgIpc) is 2.47. The normalized spacial score (nSPS) is 10.7. The van der Waals surface area contributed by atoms with Crippen LogP contribution in [0.15, 0.2) is 65.1 Å². The van der Waals surface area contributed by atoms with E-state index < -0.39 is 0 Å². The predicted molar refractivity (Wildman–Crippen MR) is 86.5 cm³/mol. The summed E-state index contributed by atoms with van der Waals surface area (Å²) in [5.41, 5.74) is 1.33. The van der Waals surface area contributed by atoms with Gasteiger partial charge in [0.1, 0.15) is 0 Å². The molecule has 0 aromatic heterocycles. The van der Waals surface area contributed by atoms with E-state index >= 15 is 0 Å². The van der Waals surface area contributed by atoms with Gasteiger partial charge in [0, 0.05) is 26.0 Å². The first-order valence-corrected chi connectivity index (χ1v) is 7.31. The fraction of sp³-hybridized carbons (Fsp3) is 0. The molecule has 3 aromatic carbocycles. The van der Waals surface area contributed by atoms with Crippen LogP contribution < -0.4 is 0 Å². The van der Waals surface area contributed by atoms with E-state index in [-0.39, 0.29) is 5.78 Å². The maximum absolute atomic E-state index is 12.7. The molecule has 0 spiro atoms. The minimum absolute atomic E-state index is 0.000772. The molecular weight excluding hydrogens is 336 g/mol. The van der Waals surface area contributed by atoms with Crippen LogP contribution in [-0.2, 0) is 0 Å². The molecule has 0 radical (unpaired) electrons. The van der Waals surface area contributed by atoms with E-state index in [0.717, 1.165) is 15.2 Å². The van der Waals surface area contributed by atoms with Crippen molar-refractivity contribution in [3.8, 4) is 0 Å². The zero-order valence-corrected chi connectivity index (χ0v) is 12.8. The van der Waals surface area contributed by atoms with Crippen molar-refractivity contribution in [3.05, 3.63) is 81.3 Å². The van der Waals surface area contributed by atoms with Crippen LogP contribution in [0.5, 0.6) is 0 Å². The minimum Gasteiger partial charge on any atom is -0.289 e. The maximum atomic E-state index is 12.7. The van der Waals surface area contributed by atoms with Gasteiger partial charge in [0.05, 0.1) is 0 Å². The van der Waals surface area contributed by atoms with Crippen LogP contribution in [0.2, 0.25) is 5.02 Å². The van der Waals surface area contributed by atoms with E-state index in [1.54, 1.807) is 12.1 Å². The number of fused-ring (bicyclic) bond motifs is 1. The number of rotatable bonds is 2. The molecule has 0 aliphatic heterocycles. The fourth-order valence-corrected chi connectivity index (χ4v) is 2.87. The average molecular weight is 346 g/mol. The van der Waals surface area contributed by atoms with E-state index in [1.807, 2.05) is 48.5 Å². The third-order valence-corrected chi connectivity index (χ3v) is 4.03. The van der Waals surface area contributed by atoms with Crippen molar-refractivity contribution < 1.29 is 4.79 Å². The third-order valence-electron chi connectivity index (χ3n) is 3.20. The summed E-state index contributed by atoms with van der Waals surface area (Å²) in [4.78, 5) is 12.7. The van der Waals surface area contributed by atoms with Crippen LogP contribution in [0.3, 0.4) is 0 Å². The lowest BCUT2D eigenvalue weighted by Gasteiger charge is -2.07. The van der Waals surface area contributed by atoms with Crippen LogP contribution in [0, 0.1) is 0 Å². The summed E-state index contributed by atoms with van der Waals surface area (Å²) in [6.07, 6.45) is 0. The monoisotopic (exact) mass is 344 g/mol. The largest absolute Gasteiger partial charge is 0.289 e. The van der Waals surface area contributed by atoms with Gasteiger partial charge in [-0.2, -0.15) is 0 Å². The zero-order valence-electron chi connectivity index (χ0n) is 10.4. The summed E-state index contributed by atoms with van der Waals surface area (Å²) in [5, 5.41) is 2.44. The number of halogens is 2. The van der Waals surface area contributed by atoms with Crippen LogP contribution in [0.25, 0.3) is 10.8 Å². The Morgan fingerprint density at radius 3 is 2.40 bits per heavy atom. The smallest absolute Gasteiger partial charge is 0.193 e. The molecule has 0 unspecified atom stereocenters. The second-order valence-electron chi connectivity index (χ2n) is 4.48. The molecule has 0 fully saturated rings.